The minimum atomic E-state index is 0.450. The van der Waals surface area contributed by atoms with E-state index in [4.69, 9.17) is 10.3 Å². The fourth-order valence-corrected chi connectivity index (χ4v) is 2.46. The first kappa shape index (κ1) is 15.2. The van der Waals surface area contributed by atoms with Gasteiger partial charge in [0.1, 0.15) is 5.75 Å². The second kappa shape index (κ2) is 6.57. The highest BCUT2D eigenvalue weighted by Crippen LogP contribution is 2.30. The lowest BCUT2D eigenvalue weighted by Gasteiger charge is -2.04. The molecular formula is C17H12N6O. The number of fused-ring (bicyclic) bond motifs is 1. The molecule has 0 aliphatic rings. The third-order valence-corrected chi connectivity index (χ3v) is 3.57. The number of hydrogen-bond donors (Lipinski definition) is 1. The van der Waals surface area contributed by atoms with E-state index in [1.807, 2.05) is 6.07 Å². The van der Waals surface area contributed by atoms with Gasteiger partial charge in [0.05, 0.1) is 18.8 Å². The lowest BCUT2D eigenvalue weighted by molar-refractivity contribution is 0.413. The molecule has 3 aromatic rings. The molecule has 0 aliphatic heterocycles. The van der Waals surface area contributed by atoms with E-state index in [1.165, 1.54) is 0 Å². The Morgan fingerprint density at radius 2 is 2.33 bits per heavy atom. The van der Waals surface area contributed by atoms with Crippen molar-refractivity contribution in [3.8, 4) is 11.8 Å². The maximum atomic E-state index is 9.58. The number of ether oxygens (including phenoxy) is 1. The molecule has 24 heavy (non-hydrogen) atoms. The van der Waals surface area contributed by atoms with Crippen LogP contribution < -0.4 is 4.74 Å². The zero-order valence-corrected chi connectivity index (χ0v) is 12.8. The van der Waals surface area contributed by atoms with Crippen molar-refractivity contribution in [2.45, 2.75) is 0 Å². The number of rotatable bonds is 4. The molecule has 0 amide bonds. The maximum absolute atomic E-state index is 9.58. The number of allylic oxidation sites excluding steroid dienone is 1. The van der Waals surface area contributed by atoms with E-state index in [-0.39, 0.29) is 0 Å². The number of nitrogens with one attached hydrogen (secondary N) is 1. The molecule has 0 aliphatic carbocycles. The molecule has 0 spiro atoms. The molecule has 0 radical (unpaired) electrons. The van der Waals surface area contributed by atoms with E-state index in [9.17, 15) is 5.26 Å². The normalized spacial score (nSPS) is 10.9. The van der Waals surface area contributed by atoms with Crippen molar-refractivity contribution in [2.24, 2.45) is 5.11 Å². The highest BCUT2D eigenvalue weighted by Gasteiger charge is 2.10. The lowest BCUT2D eigenvalue weighted by atomic mass is 10.0. The average molecular weight is 316 g/mol. The zero-order chi connectivity index (χ0) is 16.9. The van der Waals surface area contributed by atoms with Gasteiger partial charge in [0.15, 0.2) is 0 Å². The molecule has 0 fully saturated rings. The van der Waals surface area contributed by atoms with Gasteiger partial charge in [-0.1, -0.05) is 11.2 Å². The van der Waals surface area contributed by atoms with Crippen LogP contribution in [0.4, 0.5) is 5.69 Å². The van der Waals surface area contributed by atoms with E-state index < -0.39 is 0 Å². The van der Waals surface area contributed by atoms with E-state index in [0.29, 0.717) is 28.1 Å². The summed E-state index contributed by atoms with van der Waals surface area (Å²) in [7, 11) is 1.57. The first-order chi connectivity index (χ1) is 11.8. The third kappa shape index (κ3) is 2.77. The van der Waals surface area contributed by atoms with Crippen molar-refractivity contribution < 1.29 is 4.74 Å². The molecule has 2 heterocycles. The Balaban J connectivity index is 2.16. The van der Waals surface area contributed by atoms with Crippen LogP contribution in [0.3, 0.4) is 0 Å². The maximum Gasteiger partial charge on any atom is 0.129 e. The Bertz CT molecular complexity index is 1020. The smallest absolute Gasteiger partial charge is 0.129 e. The van der Waals surface area contributed by atoms with Crippen LogP contribution in [-0.4, -0.2) is 17.1 Å². The molecule has 0 atom stereocenters. The van der Waals surface area contributed by atoms with E-state index in [2.05, 4.69) is 26.1 Å². The summed E-state index contributed by atoms with van der Waals surface area (Å²) in [5, 5.41) is 14.0. The molecule has 0 bridgehead atoms. The molecule has 0 saturated heterocycles. The number of benzene rings is 1. The number of azide groups is 1. The molecule has 1 aromatic carbocycles. The number of methoxy groups -OCH3 is 1. The number of hydrogen-bond acceptors (Lipinski definition) is 4. The Labute approximate surface area is 137 Å². The molecule has 2 aromatic heterocycles. The monoisotopic (exact) mass is 316 g/mol. The van der Waals surface area contributed by atoms with E-state index >= 15 is 0 Å². The molecule has 116 valence electrons. The largest absolute Gasteiger partial charge is 0.496 e. The Hall–Kier alpha value is -3.75. The first-order valence-electron chi connectivity index (χ1n) is 7.03. The number of H-pyrrole nitrogens is 1. The van der Waals surface area contributed by atoms with Crippen LogP contribution in [0.15, 0.2) is 48.0 Å². The second-order valence-electron chi connectivity index (χ2n) is 4.91. The summed E-state index contributed by atoms with van der Waals surface area (Å²) in [6, 6.07) is 9.20. The van der Waals surface area contributed by atoms with Crippen LogP contribution in [0.2, 0.25) is 0 Å². The quantitative estimate of drug-likeness (QED) is 0.329. The molecular weight excluding hydrogens is 304 g/mol. The Morgan fingerprint density at radius 1 is 1.46 bits per heavy atom. The minimum absolute atomic E-state index is 0.450. The zero-order valence-electron chi connectivity index (χ0n) is 12.8. The summed E-state index contributed by atoms with van der Waals surface area (Å²) in [5.41, 5.74) is 11.8. The molecule has 0 saturated carbocycles. The van der Waals surface area contributed by atoms with Crippen LogP contribution in [0.1, 0.15) is 11.1 Å². The van der Waals surface area contributed by atoms with Gasteiger partial charge in [0, 0.05) is 51.2 Å². The van der Waals surface area contributed by atoms with Gasteiger partial charge in [-0.05, 0) is 29.8 Å². The van der Waals surface area contributed by atoms with Gasteiger partial charge >= 0.3 is 0 Å². The van der Waals surface area contributed by atoms with Gasteiger partial charge in [-0.3, -0.25) is 4.98 Å². The molecule has 7 nitrogen and oxygen atoms in total. The number of nitriles is 1. The number of aromatic nitrogens is 2. The molecule has 7 heteroatoms. The SMILES string of the molecule is COc1ccncc1/C=C(\C#N)c1c[nH]c2ccc(N=[N+]=[N-])cc12. The first-order valence-corrected chi connectivity index (χ1v) is 7.03. The molecule has 0 unspecified atom stereocenters. The summed E-state index contributed by atoms with van der Waals surface area (Å²) >= 11 is 0. The van der Waals surface area contributed by atoms with Crippen LogP contribution in [0, 0.1) is 11.3 Å². The highest BCUT2D eigenvalue weighted by atomic mass is 16.5. The Kier molecular flexibility index (Phi) is 4.15. The highest BCUT2D eigenvalue weighted by molar-refractivity contribution is 6.02. The third-order valence-electron chi connectivity index (χ3n) is 3.57. The summed E-state index contributed by atoms with van der Waals surface area (Å²) in [4.78, 5) is 9.97. The summed E-state index contributed by atoms with van der Waals surface area (Å²) in [6.07, 6.45) is 6.73. The predicted molar refractivity (Wildman–Crippen MR) is 91.4 cm³/mol. The van der Waals surface area contributed by atoms with Crippen LogP contribution >= 0.6 is 0 Å². The van der Waals surface area contributed by atoms with Gasteiger partial charge in [-0.15, -0.1) is 0 Å². The number of pyridine rings is 1. The van der Waals surface area contributed by atoms with E-state index in [1.54, 1.807) is 50.0 Å². The van der Waals surface area contributed by atoms with Crippen molar-refractivity contribution in [1.29, 1.82) is 5.26 Å². The number of aromatic amines is 1. The van der Waals surface area contributed by atoms with Crippen molar-refractivity contribution in [1.82, 2.24) is 9.97 Å². The average Bonchev–Trinajstić information content (AvgIpc) is 3.03. The lowest BCUT2D eigenvalue weighted by Crippen LogP contribution is -1.88. The summed E-state index contributed by atoms with van der Waals surface area (Å²) in [6.45, 7) is 0. The van der Waals surface area contributed by atoms with Gasteiger partial charge in [0.25, 0.3) is 0 Å². The fraction of sp³-hybridized carbons (Fsp3) is 0.0588. The van der Waals surface area contributed by atoms with Crippen molar-refractivity contribution in [2.75, 3.05) is 7.11 Å². The van der Waals surface area contributed by atoms with Gasteiger partial charge in [-0.25, -0.2) is 0 Å². The van der Waals surface area contributed by atoms with Crippen molar-refractivity contribution in [3.05, 3.63) is 64.4 Å². The Morgan fingerprint density at radius 3 is 3.08 bits per heavy atom. The predicted octanol–water partition coefficient (Wildman–Crippen LogP) is 4.58. The second-order valence-corrected chi connectivity index (χ2v) is 4.91. The van der Waals surface area contributed by atoms with Gasteiger partial charge < -0.3 is 9.72 Å². The minimum Gasteiger partial charge on any atom is -0.496 e. The van der Waals surface area contributed by atoms with Crippen molar-refractivity contribution in [3.63, 3.8) is 0 Å². The standard InChI is InChI=1S/C17H12N6O/c1-24-17-4-5-20-9-12(17)6-11(8-18)15-10-21-16-3-2-13(22-23-19)7-14(15)16/h2-7,9-10,21H,1H3/b11-6+. The fourth-order valence-electron chi connectivity index (χ4n) is 2.46. The summed E-state index contributed by atoms with van der Waals surface area (Å²) < 4.78 is 5.29. The van der Waals surface area contributed by atoms with Gasteiger partial charge in [-0.2, -0.15) is 5.26 Å². The van der Waals surface area contributed by atoms with Gasteiger partial charge in [0.2, 0.25) is 0 Å². The molecule has 1 N–H and O–H groups in total. The topological polar surface area (TPSA) is 110 Å². The van der Waals surface area contributed by atoms with Crippen LogP contribution in [0.5, 0.6) is 5.75 Å². The van der Waals surface area contributed by atoms with Crippen LogP contribution in [-0.2, 0) is 0 Å². The summed E-state index contributed by atoms with van der Waals surface area (Å²) in [5.74, 6) is 0.632. The number of nitrogens with zero attached hydrogens (tertiary/aromatic N) is 5. The van der Waals surface area contributed by atoms with E-state index in [0.717, 1.165) is 10.9 Å². The van der Waals surface area contributed by atoms with Crippen LogP contribution in [0.25, 0.3) is 33.0 Å². The molecule has 3 rings (SSSR count). The van der Waals surface area contributed by atoms with Crippen molar-refractivity contribution >= 4 is 28.2 Å².